The van der Waals surface area contributed by atoms with Gasteiger partial charge in [-0.25, -0.2) is 5.43 Å². The Bertz CT molecular complexity index is 1200. The number of hydrazone groups is 1. The van der Waals surface area contributed by atoms with E-state index in [1.165, 1.54) is 13.3 Å². The van der Waals surface area contributed by atoms with Gasteiger partial charge in [-0.3, -0.25) is 9.59 Å². The van der Waals surface area contributed by atoms with Gasteiger partial charge < -0.3 is 9.47 Å². The monoisotopic (exact) mass is 488 g/mol. The fourth-order valence-electron chi connectivity index (χ4n) is 2.82. The van der Waals surface area contributed by atoms with Gasteiger partial charge in [0.15, 0.2) is 11.5 Å². The Balaban J connectivity index is 1.35. The van der Waals surface area contributed by atoms with E-state index in [9.17, 15) is 9.59 Å². The molecule has 1 heterocycles. The lowest BCUT2D eigenvalue weighted by Crippen LogP contribution is -2.24. The number of hydrogen-bond donors (Lipinski definition) is 1. The first kappa shape index (κ1) is 22.7. The molecule has 1 amide bonds. The lowest BCUT2D eigenvalue weighted by Gasteiger charge is -2.09. The van der Waals surface area contributed by atoms with E-state index in [0.29, 0.717) is 32.7 Å². The highest BCUT2D eigenvalue weighted by molar-refractivity contribution is 6.38. The molecule has 0 bridgehead atoms. The van der Waals surface area contributed by atoms with E-state index in [2.05, 4.69) is 25.9 Å². The summed E-state index contributed by atoms with van der Waals surface area (Å²) in [5, 5.41) is 16.5. The summed E-state index contributed by atoms with van der Waals surface area (Å²) in [7, 11) is 1.47. The van der Waals surface area contributed by atoms with Crippen molar-refractivity contribution in [3.05, 3.63) is 52.0 Å². The zero-order valence-electron chi connectivity index (χ0n) is 17.4. The number of carbonyl (C=O) groups excluding carboxylic acids is 2. The summed E-state index contributed by atoms with van der Waals surface area (Å²) in [6, 6.07) is 9.96. The Labute approximate surface area is 198 Å². The molecule has 0 aliphatic heterocycles. The first-order chi connectivity index (χ1) is 15.9. The molecule has 1 aliphatic carbocycles. The smallest absolute Gasteiger partial charge is 0.314 e. The summed E-state index contributed by atoms with van der Waals surface area (Å²) in [6.45, 7) is -0.216. The maximum absolute atomic E-state index is 12.2. The molecular weight excluding hydrogens is 471 g/mol. The molecule has 3 aromatic rings. The Hall–Kier alpha value is -3.50. The van der Waals surface area contributed by atoms with E-state index in [1.807, 2.05) is 0 Å². The number of carbonyl (C=O) groups is 2. The number of aromatic nitrogens is 4. The number of benzene rings is 2. The fourth-order valence-corrected chi connectivity index (χ4v) is 3.39. The van der Waals surface area contributed by atoms with Crippen LogP contribution in [0.25, 0.3) is 11.4 Å². The number of hydrogen-bond acceptors (Lipinski definition) is 8. The number of nitrogens with one attached hydrogen (secondary N) is 1. The van der Waals surface area contributed by atoms with Crippen LogP contribution in [-0.4, -0.2) is 45.4 Å². The molecule has 0 spiro atoms. The van der Waals surface area contributed by atoms with Crippen LogP contribution in [0.4, 0.5) is 0 Å². The molecule has 0 atom stereocenters. The molecule has 1 saturated carbocycles. The molecule has 1 N–H and O–H groups in total. The SMILES string of the molecule is COc1cc(/C=N/NC(=O)Cn2nnc(-c3c(Cl)cccc3Cl)n2)ccc1OC(=O)C1CC1. The molecule has 4 rings (SSSR count). The summed E-state index contributed by atoms with van der Waals surface area (Å²) >= 11 is 12.3. The first-order valence-corrected chi connectivity index (χ1v) is 10.6. The predicted molar refractivity (Wildman–Crippen MR) is 120 cm³/mol. The summed E-state index contributed by atoms with van der Waals surface area (Å²) in [4.78, 5) is 25.1. The molecule has 1 fully saturated rings. The molecule has 33 heavy (non-hydrogen) atoms. The van der Waals surface area contributed by atoms with Crippen molar-refractivity contribution in [2.24, 2.45) is 11.0 Å². The lowest BCUT2D eigenvalue weighted by molar-refractivity contribution is -0.135. The van der Waals surface area contributed by atoms with Gasteiger partial charge in [0.25, 0.3) is 5.91 Å². The van der Waals surface area contributed by atoms with Crippen LogP contribution in [0.1, 0.15) is 18.4 Å². The van der Waals surface area contributed by atoms with Crippen LogP contribution in [0.3, 0.4) is 0 Å². The van der Waals surface area contributed by atoms with Crippen molar-refractivity contribution < 1.29 is 19.1 Å². The summed E-state index contributed by atoms with van der Waals surface area (Å²) in [5.41, 5.74) is 3.45. The summed E-state index contributed by atoms with van der Waals surface area (Å²) in [5.74, 6) is 0.171. The molecule has 0 radical (unpaired) electrons. The zero-order chi connectivity index (χ0) is 23.4. The molecule has 1 aromatic heterocycles. The normalized spacial score (nSPS) is 13.2. The maximum atomic E-state index is 12.2. The largest absolute Gasteiger partial charge is 0.493 e. The number of ether oxygens (including phenoxy) is 2. The zero-order valence-corrected chi connectivity index (χ0v) is 18.9. The molecule has 170 valence electrons. The van der Waals surface area contributed by atoms with Gasteiger partial charge in [-0.15, -0.1) is 10.2 Å². The fraction of sp³-hybridized carbons (Fsp3) is 0.238. The number of tetrazole rings is 1. The molecule has 12 heteroatoms. The van der Waals surface area contributed by atoms with Crippen LogP contribution in [0.15, 0.2) is 41.5 Å². The highest BCUT2D eigenvalue weighted by Gasteiger charge is 2.32. The van der Waals surface area contributed by atoms with E-state index in [-0.39, 0.29) is 24.3 Å². The maximum Gasteiger partial charge on any atom is 0.314 e. The number of esters is 1. The third kappa shape index (κ3) is 5.65. The minimum absolute atomic E-state index is 0.0246. The highest BCUT2D eigenvalue weighted by Crippen LogP contribution is 2.34. The van der Waals surface area contributed by atoms with Crippen molar-refractivity contribution in [1.29, 1.82) is 0 Å². The topological polar surface area (TPSA) is 121 Å². The second-order valence-electron chi connectivity index (χ2n) is 7.14. The third-order valence-corrected chi connectivity index (χ3v) is 5.27. The van der Waals surface area contributed by atoms with E-state index < -0.39 is 5.91 Å². The van der Waals surface area contributed by atoms with Crippen molar-refractivity contribution in [2.75, 3.05) is 7.11 Å². The minimum atomic E-state index is -0.470. The van der Waals surface area contributed by atoms with E-state index in [1.54, 1.807) is 36.4 Å². The van der Waals surface area contributed by atoms with Gasteiger partial charge in [0, 0.05) is 0 Å². The number of nitrogens with zero attached hydrogens (tertiary/aromatic N) is 5. The molecule has 10 nitrogen and oxygen atoms in total. The summed E-state index contributed by atoms with van der Waals surface area (Å²) < 4.78 is 10.6. The highest BCUT2D eigenvalue weighted by atomic mass is 35.5. The van der Waals surface area contributed by atoms with Crippen LogP contribution >= 0.6 is 23.2 Å². The first-order valence-electron chi connectivity index (χ1n) is 9.88. The van der Waals surface area contributed by atoms with Crippen molar-refractivity contribution in [3.63, 3.8) is 0 Å². The Morgan fingerprint density at radius 1 is 1.21 bits per heavy atom. The molecule has 2 aromatic carbocycles. The molecule has 0 unspecified atom stereocenters. The number of rotatable bonds is 8. The minimum Gasteiger partial charge on any atom is -0.493 e. The van der Waals surface area contributed by atoms with Gasteiger partial charge in [-0.2, -0.15) is 9.90 Å². The molecule has 1 aliphatic rings. The summed E-state index contributed by atoms with van der Waals surface area (Å²) in [6.07, 6.45) is 3.13. The quantitative estimate of drug-likeness (QED) is 0.223. The van der Waals surface area contributed by atoms with Gasteiger partial charge in [-0.1, -0.05) is 29.3 Å². The van der Waals surface area contributed by atoms with E-state index in [4.69, 9.17) is 32.7 Å². The number of halogens is 2. The van der Waals surface area contributed by atoms with Gasteiger partial charge in [-0.05, 0) is 54.0 Å². The van der Waals surface area contributed by atoms with Crippen LogP contribution in [-0.2, 0) is 16.1 Å². The van der Waals surface area contributed by atoms with Crippen LogP contribution in [0.5, 0.6) is 11.5 Å². The van der Waals surface area contributed by atoms with E-state index in [0.717, 1.165) is 17.6 Å². The predicted octanol–water partition coefficient (Wildman–Crippen LogP) is 3.12. The van der Waals surface area contributed by atoms with Crippen molar-refractivity contribution >= 4 is 41.3 Å². The average Bonchev–Trinajstić information content (AvgIpc) is 3.55. The van der Waals surface area contributed by atoms with Gasteiger partial charge in [0.2, 0.25) is 5.82 Å². The van der Waals surface area contributed by atoms with Crippen molar-refractivity contribution in [2.45, 2.75) is 19.4 Å². The third-order valence-electron chi connectivity index (χ3n) is 4.64. The Morgan fingerprint density at radius 3 is 2.67 bits per heavy atom. The van der Waals surface area contributed by atoms with Crippen LogP contribution < -0.4 is 14.9 Å². The lowest BCUT2D eigenvalue weighted by atomic mass is 10.2. The van der Waals surface area contributed by atoms with Crippen LogP contribution in [0.2, 0.25) is 10.0 Å². The Morgan fingerprint density at radius 2 is 1.97 bits per heavy atom. The second kappa shape index (κ2) is 9.97. The van der Waals surface area contributed by atoms with E-state index >= 15 is 0 Å². The second-order valence-corrected chi connectivity index (χ2v) is 7.95. The molecular formula is C21H18Cl2N6O4. The number of amides is 1. The van der Waals surface area contributed by atoms with Gasteiger partial charge >= 0.3 is 5.97 Å². The van der Waals surface area contributed by atoms with Crippen molar-refractivity contribution in [3.8, 4) is 22.9 Å². The molecule has 0 saturated heterocycles. The Kier molecular flexibility index (Phi) is 6.85. The standard InChI is InChI=1S/C21H18Cl2N6O4/c1-32-17-9-12(5-8-16(17)33-21(31)13-6-7-13)10-24-25-18(30)11-29-27-20(26-28-29)19-14(22)3-2-4-15(19)23/h2-5,8-10,13H,6-7,11H2,1H3,(H,25,30)/b24-10+. The average molecular weight is 489 g/mol. The van der Waals surface area contributed by atoms with Crippen molar-refractivity contribution in [1.82, 2.24) is 25.6 Å². The van der Waals surface area contributed by atoms with Gasteiger partial charge in [0.05, 0.1) is 34.9 Å². The van der Waals surface area contributed by atoms with Gasteiger partial charge in [0.1, 0.15) is 6.54 Å². The van der Waals surface area contributed by atoms with Crippen LogP contribution in [0, 0.1) is 5.92 Å². The number of methoxy groups -OCH3 is 1.